The summed E-state index contributed by atoms with van der Waals surface area (Å²) in [5, 5.41) is 21.8. The number of aliphatic hydroxyl groups excluding tert-OH is 1. The summed E-state index contributed by atoms with van der Waals surface area (Å²) in [7, 11) is 0. The first-order valence-electron chi connectivity index (χ1n) is 9.46. The summed E-state index contributed by atoms with van der Waals surface area (Å²) >= 11 is 0. The molecule has 1 aliphatic rings. The second-order valence-electron chi connectivity index (χ2n) is 7.67. The van der Waals surface area contributed by atoms with Crippen LogP contribution in [0.3, 0.4) is 0 Å². The van der Waals surface area contributed by atoms with Crippen molar-refractivity contribution in [3.63, 3.8) is 0 Å². The highest BCUT2D eigenvalue weighted by molar-refractivity contribution is 6.11. The number of carbonyl (C=O) groups is 1. The van der Waals surface area contributed by atoms with Crippen LogP contribution in [0, 0.1) is 0 Å². The number of fused-ring (bicyclic) bond motifs is 2. The number of carbonyl (C=O) groups excluding carboxylic acids is 1. The summed E-state index contributed by atoms with van der Waals surface area (Å²) in [6, 6.07) is 1.36. The Morgan fingerprint density at radius 3 is 2.63 bits per heavy atom. The van der Waals surface area contributed by atoms with Gasteiger partial charge in [0.25, 0.3) is 0 Å². The number of hydrogen-bond acceptors (Lipinski definition) is 6. The third kappa shape index (κ3) is 3.23. The first-order chi connectivity index (χ1) is 12.7. The van der Waals surface area contributed by atoms with E-state index in [9.17, 15) is 19.8 Å². The standard InChI is InChI=1S/C21H26O6/c1-5-7-11-9-15(24)26-20-16(11)18(25)12-10-14(23)21(3,4)27-19(12)17(20)13(22)8-6-2/h9,14,23,25H,5-8,10H2,1-4H3. The van der Waals surface area contributed by atoms with Crippen LogP contribution in [0.25, 0.3) is 11.0 Å². The van der Waals surface area contributed by atoms with Crippen molar-refractivity contribution in [3.8, 4) is 11.5 Å². The van der Waals surface area contributed by atoms with Crippen molar-refractivity contribution in [2.75, 3.05) is 0 Å². The predicted molar refractivity (Wildman–Crippen MR) is 102 cm³/mol. The van der Waals surface area contributed by atoms with Gasteiger partial charge >= 0.3 is 5.63 Å². The number of benzene rings is 1. The van der Waals surface area contributed by atoms with E-state index < -0.39 is 17.3 Å². The van der Waals surface area contributed by atoms with Gasteiger partial charge in [-0.25, -0.2) is 4.79 Å². The molecule has 1 atom stereocenters. The van der Waals surface area contributed by atoms with Crippen molar-refractivity contribution in [2.24, 2.45) is 0 Å². The number of aliphatic hydroxyl groups is 1. The molecule has 27 heavy (non-hydrogen) atoms. The number of phenols is 1. The van der Waals surface area contributed by atoms with Crippen LogP contribution in [0.15, 0.2) is 15.3 Å². The number of aromatic hydroxyl groups is 1. The Morgan fingerprint density at radius 1 is 1.30 bits per heavy atom. The average Bonchev–Trinajstić information content (AvgIpc) is 2.57. The summed E-state index contributed by atoms with van der Waals surface area (Å²) in [6.45, 7) is 7.30. The van der Waals surface area contributed by atoms with Gasteiger partial charge in [-0.05, 0) is 32.3 Å². The maximum atomic E-state index is 12.9. The maximum Gasteiger partial charge on any atom is 0.336 e. The monoisotopic (exact) mass is 374 g/mol. The van der Waals surface area contributed by atoms with E-state index in [1.807, 2.05) is 13.8 Å². The molecule has 1 aromatic heterocycles. The van der Waals surface area contributed by atoms with Crippen LogP contribution in [0.4, 0.5) is 0 Å². The zero-order valence-electron chi connectivity index (χ0n) is 16.2. The lowest BCUT2D eigenvalue weighted by Crippen LogP contribution is -2.46. The lowest BCUT2D eigenvalue weighted by atomic mass is 9.86. The molecule has 0 saturated carbocycles. The maximum absolute atomic E-state index is 12.9. The van der Waals surface area contributed by atoms with Crippen LogP contribution >= 0.6 is 0 Å². The SMILES string of the molecule is CCCC(=O)c1c2c(c(O)c3c(CCC)cc(=O)oc13)CC(O)C(C)(C)O2. The van der Waals surface area contributed by atoms with Gasteiger partial charge in [0.15, 0.2) is 11.4 Å². The minimum Gasteiger partial charge on any atom is -0.507 e. The van der Waals surface area contributed by atoms with Gasteiger partial charge in [-0.15, -0.1) is 0 Å². The molecular formula is C21H26O6. The van der Waals surface area contributed by atoms with Crippen molar-refractivity contribution < 1.29 is 24.2 Å². The molecule has 1 unspecified atom stereocenters. The Balaban J connectivity index is 2.45. The van der Waals surface area contributed by atoms with Crippen LogP contribution in [0.2, 0.25) is 0 Å². The molecule has 1 aliphatic heterocycles. The van der Waals surface area contributed by atoms with E-state index in [1.54, 1.807) is 13.8 Å². The quantitative estimate of drug-likeness (QED) is 0.614. The fraction of sp³-hybridized carbons (Fsp3) is 0.524. The van der Waals surface area contributed by atoms with Crippen molar-refractivity contribution in [3.05, 3.63) is 33.2 Å². The fourth-order valence-electron chi connectivity index (χ4n) is 3.63. The smallest absolute Gasteiger partial charge is 0.336 e. The zero-order chi connectivity index (χ0) is 19.9. The number of ether oxygens (including phenoxy) is 1. The first-order valence-corrected chi connectivity index (χ1v) is 9.46. The van der Waals surface area contributed by atoms with E-state index in [4.69, 9.17) is 9.15 Å². The molecule has 2 N–H and O–H groups in total. The third-order valence-corrected chi connectivity index (χ3v) is 5.13. The molecule has 0 aliphatic carbocycles. The third-order valence-electron chi connectivity index (χ3n) is 5.13. The number of Topliss-reactive ketones (excluding diaryl/α,β-unsaturated/α-hetero) is 1. The van der Waals surface area contributed by atoms with Gasteiger partial charge in [-0.2, -0.15) is 0 Å². The summed E-state index contributed by atoms with van der Waals surface area (Å²) in [4.78, 5) is 25.1. The Labute approximate surface area is 157 Å². The largest absolute Gasteiger partial charge is 0.507 e. The van der Waals surface area contributed by atoms with Gasteiger partial charge in [0, 0.05) is 24.5 Å². The lowest BCUT2D eigenvalue weighted by Gasteiger charge is -2.38. The number of phenolic OH excluding ortho intramolecular Hbond substituents is 1. The number of rotatable bonds is 5. The molecule has 0 radical (unpaired) electrons. The molecule has 0 spiro atoms. The van der Waals surface area contributed by atoms with Crippen LogP contribution in [-0.4, -0.2) is 27.7 Å². The normalized spacial score (nSPS) is 18.2. The highest BCUT2D eigenvalue weighted by atomic mass is 16.5. The summed E-state index contributed by atoms with van der Waals surface area (Å²) < 4.78 is 11.4. The number of hydrogen-bond donors (Lipinski definition) is 2. The average molecular weight is 374 g/mol. The Hall–Kier alpha value is -2.34. The summed E-state index contributed by atoms with van der Waals surface area (Å²) in [6.07, 6.45) is 1.53. The molecular weight excluding hydrogens is 348 g/mol. The molecule has 3 rings (SSSR count). The van der Waals surface area contributed by atoms with E-state index in [0.717, 1.165) is 6.42 Å². The second-order valence-corrected chi connectivity index (χ2v) is 7.67. The molecule has 2 heterocycles. The minimum atomic E-state index is -0.935. The number of aryl methyl sites for hydroxylation is 1. The lowest BCUT2D eigenvalue weighted by molar-refractivity contribution is -0.0419. The molecule has 0 amide bonds. The molecule has 1 aromatic carbocycles. The van der Waals surface area contributed by atoms with E-state index in [1.165, 1.54) is 6.07 Å². The van der Waals surface area contributed by atoms with Gasteiger partial charge in [-0.3, -0.25) is 4.79 Å². The minimum absolute atomic E-state index is 0.0767. The van der Waals surface area contributed by atoms with E-state index in [0.29, 0.717) is 29.4 Å². The van der Waals surface area contributed by atoms with Crippen LogP contribution in [0.5, 0.6) is 11.5 Å². The van der Waals surface area contributed by atoms with Gasteiger partial charge < -0.3 is 19.4 Å². The highest BCUT2D eigenvalue weighted by Crippen LogP contribution is 2.47. The fourth-order valence-corrected chi connectivity index (χ4v) is 3.63. The summed E-state index contributed by atoms with van der Waals surface area (Å²) in [5.41, 5.74) is -0.210. The molecule has 2 aromatic rings. The van der Waals surface area contributed by atoms with Crippen LogP contribution in [-0.2, 0) is 12.8 Å². The van der Waals surface area contributed by atoms with Crippen molar-refractivity contribution in [1.29, 1.82) is 0 Å². The molecule has 146 valence electrons. The first kappa shape index (κ1) is 19.4. The van der Waals surface area contributed by atoms with Crippen molar-refractivity contribution in [1.82, 2.24) is 0 Å². The number of ketones is 1. The van der Waals surface area contributed by atoms with E-state index >= 15 is 0 Å². The summed E-state index contributed by atoms with van der Waals surface area (Å²) in [5.74, 6) is -0.0805. The Bertz CT molecular complexity index is 954. The van der Waals surface area contributed by atoms with Crippen molar-refractivity contribution >= 4 is 16.8 Å². The molecule has 0 saturated heterocycles. The highest BCUT2D eigenvalue weighted by Gasteiger charge is 2.41. The van der Waals surface area contributed by atoms with Crippen molar-refractivity contribution in [2.45, 2.75) is 71.5 Å². The molecule has 6 heteroatoms. The van der Waals surface area contributed by atoms with E-state index in [-0.39, 0.29) is 41.3 Å². The van der Waals surface area contributed by atoms with Gasteiger partial charge in [0.1, 0.15) is 22.7 Å². The molecule has 0 bridgehead atoms. The van der Waals surface area contributed by atoms with Gasteiger partial charge in [0.2, 0.25) is 0 Å². The zero-order valence-corrected chi connectivity index (χ0v) is 16.2. The Kier molecular flexibility index (Phi) is 5.04. The second kappa shape index (κ2) is 7.00. The molecule has 0 fully saturated rings. The molecule has 6 nitrogen and oxygen atoms in total. The van der Waals surface area contributed by atoms with Crippen LogP contribution < -0.4 is 10.4 Å². The topological polar surface area (TPSA) is 97.0 Å². The van der Waals surface area contributed by atoms with E-state index in [2.05, 4.69) is 0 Å². The Morgan fingerprint density at radius 2 is 2.00 bits per heavy atom. The predicted octanol–water partition coefficient (Wildman–Crippen LogP) is 3.51. The van der Waals surface area contributed by atoms with Gasteiger partial charge in [-0.1, -0.05) is 20.3 Å². The van der Waals surface area contributed by atoms with Gasteiger partial charge in [0.05, 0.1) is 11.5 Å². The van der Waals surface area contributed by atoms with Crippen LogP contribution in [0.1, 0.15) is 68.4 Å².